The lowest BCUT2D eigenvalue weighted by Crippen LogP contribution is -2.00. The highest BCUT2D eigenvalue weighted by Crippen LogP contribution is 2.20. The Balaban J connectivity index is 2.08. The van der Waals surface area contributed by atoms with Crippen molar-refractivity contribution in [2.75, 3.05) is 12.4 Å². The third kappa shape index (κ3) is 3.00. The van der Waals surface area contributed by atoms with Gasteiger partial charge in [-0.1, -0.05) is 6.07 Å². The number of carboxylic acids is 1. The smallest absolute Gasteiger partial charge is 0.309 e. The molecule has 0 aliphatic heterocycles. The van der Waals surface area contributed by atoms with E-state index >= 15 is 0 Å². The van der Waals surface area contributed by atoms with Gasteiger partial charge < -0.3 is 19.6 Å². The molecule has 0 aliphatic carbocycles. The van der Waals surface area contributed by atoms with Gasteiger partial charge in [0.2, 0.25) is 0 Å². The number of nitrogens with zero attached hydrogens (tertiary/aromatic N) is 1. The summed E-state index contributed by atoms with van der Waals surface area (Å²) in [5.74, 6) is -0.242. The second-order valence-corrected chi connectivity index (χ2v) is 3.57. The van der Waals surface area contributed by atoms with Crippen molar-refractivity contribution in [1.82, 2.24) is 4.98 Å². The van der Waals surface area contributed by atoms with Crippen LogP contribution in [0.4, 0.5) is 11.7 Å². The van der Waals surface area contributed by atoms with E-state index in [1.807, 2.05) is 18.2 Å². The van der Waals surface area contributed by atoms with Gasteiger partial charge in [0.15, 0.2) is 0 Å². The lowest BCUT2D eigenvalue weighted by molar-refractivity contribution is -0.136. The summed E-state index contributed by atoms with van der Waals surface area (Å²) < 4.78 is 10.2. The van der Waals surface area contributed by atoms with Crippen LogP contribution in [-0.2, 0) is 11.2 Å². The Morgan fingerprint density at radius 1 is 1.56 bits per heavy atom. The molecule has 0 saturated carbocycles. The van der Waals surface area contributed by atoms with Crippen LogP contribution in [0.5, 0.6) is 5.75 Å². The van der Waals surface area contributed by atoms with Gasteiger partial charge in [0, 0.05) is 11.8 Å². The molecule has 94 valence electrons. The summed E-state index contributed by atoms with van der Waals surface area (Å²) in [7, 11) is 1.58. The molecule has 0 unspecified atom stereocenters. The SMILES string of the molecule is COc1cccc(Nc2nc(CC(=O)O)co2)c1. The van der Waals surface area contributed by atoms with Crippen LogP contribution in [-0.4, -0.2) is 23.2 Å². The Morgan fingerprint density at radius 2 is 2.39 bits per heavy atom. The van der Waals surface area contributed by atoms with Gasteiger partial charge in [-0.05, 0) is 12.1 Å². The average Bonchev–Trinajstić information content (AvgIpc) is 2.76. The zero-order valence-corrected chi connectivity index (χ0v) is 9.71. The molecular formula is C12H12N2O4. The Labute approximate surface area is 103 Å². The fourth-order valence-electron chi connectivity index (χ4n) is 1.42. The highest BCUT2D eigenvalue weighted by molar-refractivity contribution is 5.69. The Hall–Kier alpha value is -2.50. The molecule has 1 heterocycles. The number of benzene rings is 1. The topological polar surface area (TPSA) is 84.6 Å². The van der Waals surface area contributed by atoms with Crippen molar-refractivity contribution < 1.29 is 19.1 Å². The van der Waals surface area contributed by atoms with E-state index in [9.17, 15) is 4.79 Å². The molecular weight excluding hydrogens is 236 g/mol. The fraction of sp³-hybridized carbons (Fsp3) is 0.167. The minimum absolute atomic E-state index is 0.163. The number of nitrogens with one attached hydrogen (secondary N) is 1. The maximum absolute atomic E-state index is 10.5. The molecule has 0 amide bonds. The molecule has 18 heavy (non-hydrogen) atoms. The van der Waals surface area contributed by atoms with E-state index in [0.29, 0.717) is 11.4 Å². The van der Waals surface area contributed by atoms with E-state index in [-0.39, 0.29) is 12.4 Å². The van der Waals surface area contributed by atoms with Crippen LogP contribution in [0.1, 0.15) is 5.69 Å². The number of anilines is 2. The fourth-order valence-corrected chi connectivity index (χ4v) is 1.42. The second kappa shape index (κ2) is 5.22. The van der Waals surface area contributed by atoms with E-state index in [2.05, 4.69) is 10.3 Å². The Morgan fingerprint density at radius 3 is 3.11 bits per heavy atom. The zero-order chi connectivity index (χ0) is 13.0. The second-order valence-electron chi connectivity index (χ2n) is 3.57. The quantitative estimate of drug-likeness (QED) is 0.842. The summed E-state index contributed by atoms with van der Waals surface area (Å²) in [6, 6.07) is 7.49. The molecule has 0 bridgehead atoms. The van der Waals surface area contributed by atoms with Crippen molar-refractivity contribution in [2.45, 2.75) is 6.42 Å². The monoisotopic (exact) mass is 248 g/mol. The normalized spacial score (nSPS) is 10.1. The lowest BCUT2D eigenvalue weighted by atomic mass is 10.3. The first-order valence-corrected chi connectivity index (χ1v) is 5.24. The van der Waals surface area contributed by atoms with Gasteiger partial charge >= 0.3 is 5.97 Å². The van der Waals surface area contributed by atoms with Crippen molar-refractivity contribution >= 4 is 17.7 Å². The zero-order valence-electron chi connectivity index (χ0n) is 9.71. The highest BCUT2D eigenvalue weighted by atomic mass is 16.5. The Bertz CT molecular complexity index is 551. The first-order chi connectivity index (χ1) is 8.67. The van der Waals surface area contributed by atoms with E-state index in [4.69, 9.17) is 14.3 Å². The molecule has 0 aliphatic rings. The molecule has 0 spiro atoms. The third-order valence-electron chi connectivity index (χ3n) is 2.21. The third-order valence-corrected chi connectivity index (χ3v) is 2.21. The Kier molecular flexibility index (Phi) is 3.47. The van der Waals surface area contributed by atoms with Gasteiger partial charge in [0.05, 0.1) is 19.2 Å². The molecule has 2 N–H and O–H groups in total. The van der Waals surface area contributed by atoms with E-state index in [0.717, 1.165) is 5.69 Å². The van der Waals surface area contributed by atoms with Crippen LogP contribution in [0, 0.1) is 0 Å². The molecule has 6 nitrogen and oxygen atoms in total. The summed E-state index contributed by atoms with van der Waals surface area (Å²) in [6.07, 6.45) is 1.15. The molecule has 6 heteroatoms. The number of carbonyl (C=O) groups is 1. The molecule has 1 aromatic heterocycles. The number of carboxylic acid groups (broad SMARTS) is 1. The minimum atomic E-state index is -0.948. The number of oxazole rings is 1. The van der Waals surface area contributed by atoms with Gasteiger partial charge in [-0.3, -0.25) is 4.79 Å². The lowest BCUT2D eigenvalue weighted by Gasteiger charge is -2.03. The average molecular weight is 248 g/mol. The number of aliphatic carboxylic acids is 1. The van der Waals surface area contributed by atoms with Crippen LogP contribution in [0.15, 0.2) is 34.9 Å². The van der Waals surface area contributed by atoms with E-state index in [1.165, 1.54) is 6.26 Å². The van der Waals surface area contributed by atoms with Gasteiger partial charge in [-0.15, -0.1) is 0 Å². The molecule has 0 fully saturated rings. The molecule has 0 radical (unpaired) electrons. The van der Waals surface area contributed by atoms with Crippen molar-refractivity contribution in [2.24, 2.45) is 0 Å². The van der Waals surface area contributed by atoms with E-state index in [1.54, 1.807) is 13.2 Å². The predicted molar refractivity (Wildman–Crippen MR) is 64.1 cm³/mol. The summed E-state index contributed by atoms with van der Waals surface area (Å²) in [6.45, 7) is 0. The number of methoxy groups -OCH3 is 1. The molecule has 0 atom stereocenters. The minimum Gasteiger partial charge on any atom is -0.497 e. The maximum atomic E-state index is 10.5. The first-order valence-electron chi connectivity index (χ1n) is 5.24. The number of ether oxygens (including phenoxy) is 1. The number of hydrogen-bond acceptors (Lipinski definition) is 5. The van der Waals surface area contributed by atoms with Crippen LogP contribution in [0.3, 0.4) is 0 Å². The predicted octanol–water partition coefficient (Wildman–Crippen LogP) is 2.05. The number of rotatable bonds is 5. The van der Waals surface area contributed by atoms with E-state index < -0.39 is 5.97 Å². The van der Waals surface area contributed by atoms with Crippen molar-refractivity contribution in [3.8, 4) is 5.75 Å². The summed E-state index contributed by atoms with van der Waals surface area (Å²) >= 11 is 0. The molecule has 2 rings (SSSR count). The maximum Gasteiger partial charge on any atom is 0.309 e. The largest absolute Gasteiger partial charge is 0.497 e. The van der Waals surface area contributed by atoms with Crippen LogP contribution >= 0.6 is 0 Å². The van der Waals surface area contributed by atoms with Gasteiger partial charge in [0.1, 0.15) is 12.0 Å². The van der Waals surface area contributed by atoms with Gasteiger partial charge in [-0.2, -0.15) is 4.98 Å². The van der Waals surface area contributed by atoms with Crippen molar-refractivity contribution in [3.63, 3.8) is 0 Å². The van der Waals surface area contributed by atoms with Crippen LogP contribution in [0.2, 0.25) is 0 Å². The molecule has 0 saturated heterocycles. The molecule has 2 aromatic rings. The van der Waals surface area contributed by atoms with Gasteiger partial charge in [-0.25, -0.2) is 0 Å². The van der Waals surface area contributed by atoms with Crippen LogP contribution < -0.4 is 10.1 Å². The summed E-state index contributed by atoms with van der Waals surface area (Å²) in [5, 5.41) is 11.5. The van der Waals surface area contributed by atoms with Crippen molar-refractivity contribution in [1.29, 1.82) is 0 Å². The summed E-state index contributed by atoms with van der Waals surface area (Å²) in [4.78, 5) is 14.5. The standard InChI is InChI=1S/C12H12N2O4/c1-17-10-4-2-3-8(5-10)13-12-14-9(7-18-12)6-11(15)16/h2-5,7H,6H2,1H3,(H,13,14)(H,15,16). The number of hydrogen-bond donors (Lipinski definition) is 2. The van der Waals surface area contributed by atoms with Gasteiger partial charge in [0.25, 0.3) is 6.01 Å². The van der Waals surface area contributed by atoms with Crippen molar-refractivity contribution in [3.05, 3.63) is 36.2 Å². The first kappa shape index (κ1) is 12.0. The highest BCUT2D eigenvalue weighted by Gasteiger charge is 2.08. The van der Waals surface area contributed by atoms with Crippen LogP contribution in [0.25, 0.3) is 0 Å². The number of aromatic nitrogens is 1. The molecule has 1 aromatic carbocycles. The summed E-state index contributed by atoms with van der Waals surface area (Å²) in [5.41, 5.74) is 1.12.